The zero-order valence-electron chi connectivity index (χ0n) is 10.1. The maximum Gasteiger partial charge on any atom is 0.237 e. The molecular formula is C12H16FNO2S. The molecule has 17 heavy (non-hydrogen) atoms. The van der Waals surface area contributed by atoms with E-state index in [1.807, 2.05) is 13.2 Å². The van der Waals surface area contributed by atoms with Gasteiger partial charge >= 0.3 is 0 Å². The van der Waals surface area contributed by atoms with Crippen LogP contribution in [0, 0.1) is 5.82 Å². The van der Waals surface area contributed by atoms with Crippen LogP contribution in [0.3, 0.4) is 0 Å². The number of benzene rings is 1. The molecule has 0 aliphatic rings. The van der Waals surface area contributed by atoms with Gasteiger partial charge in [-0.05, 0) is 32.2 Å². The molecule has 0 fully saturated rings. The molecule has 1 atom stereocenters. The summed E-state index contributed by atoms with van der Waals surface area (Å²) in [6, 6.07) is 4.07. The average molecular weight is 257 g/mol. The predicted molar refractivity (Wildman–Crippen MR) is 69.2 cm³/mol. The summed E-state index contributed by atoms with van der Waals surface area (Å²) >= 11 is 1.45. The van der Waals surface area contributed by atoms with Crippen LogP contribution < -0.4 is 10.1 Å². The largest absolute Gasteiger partial charge is 0.492 e. The quantitative estimate of drug-likeness (QED) is 0.881. The maximum atomic E-state index is 13.0. The molecule has 1 aromatic carbocycles. The second-order valence-electron chi connectivity index (χ2n) is 3.44. The Morgan fingerprint density at radius 1 is 1.59 bits per heavy atom. The van der Waals surface area contributed by atoms with Crippen molar-refractivity contribution in [2.75, 3.05) is 18.2 Å². The molecule has 0 aliphatic carbocycles. The smallest absolute Gasteiger partial charge is 0.237 e. The number of hydrogen-bond acceptors (Lipinski definition) is 3. The average Bonchev–Trinajstić information content (AvgIpc) is 2.31. The third kappa shape index (κ3) is 3.93. The summed E-state index contributed by atoms with van der Waals surface area (Å²) in [5.74, 6) is -0.149. The highest BCUT2D eigenvalue weighted by Gasteiger charge is 2.14. The lowest BCUT2D eigenvalue weighted by atomic mass is 10.2. The highest BCUT2D eigenvalue weighted by Crippen LogP contribution is 2.26. The van der Waals surface area contributed by atoms with Gasteiger partial charge in [0, 0.05) is 6.07 Å². The summed E-state index contributed by atoms with van der Waals surface area (Å²) in [7, 11) is 0. The number of rotatable bonds is 5. The summed E-state index contributed by atoms with van der Waals surface area (Å²) in [6.45, 7) is 4.04. The number of amides is 1. The predicted octanol–water partition coefficient (Wildman–Crippen LogP) is 2.91. The van der Waals surface area contributed by atoms with Gasteiger partial charge in [0.15, 0.2) is 0 Å². The monoisotopic (exact) mass is 257 g/mol. The van der Waals surface area contributed by atoms with Crippen molar-refractivity contribution in [3.63, 3.8) is 0 Å². The molecule has 0 aromatic heterocycles. The molecule has 94 valence electrons. The molecule has 1 N–H and O–H groups in total. The molecule has 0 spiro atoms. The summed E-state index contributed by atoms with van der Waals surface area (Å²) in [5.41, 5.74) is 0.499. The zero-order valence-corrected chi connectivity index (χ0v) is 10.9. The molecular weight excluding hydrogens is 241 g/mol. The standard InChI is InChI=1S/C12H16FNO2S/c1-4-16-11-7-9(13)5-6-10(11)14-12(15)8(2)17-3/h5-8H,4H2,1-3H3,(H,14,15). The number of anilines is 1. The van der Waals surface area contributed by atoms with Gasteiger partial charge < -0.3 is 10.1 Å². The first kappa shape index (κ1) is 13.8. The number of nitrogens with one attached hydrogen (secondary N) is 1. The molecule has 3 nitrogen and oxygen atoms in total. The number of hydrogen-bond donors (Lipinski definition) is 1. The number of halogens is 1. The fourth-order valence-electron chi connectivity index (χ4n) is 1.22. The van der Waals surface area contributed by atoms with Gasteiger partial charge in [-0.1, -0.05) is 0 Å². The molecule has 0 bridgehead atoms. The van der Waals surface area contributed by atoms with E-state index in [1.54, 1.807) is 6.92 Å². The van der Waals surface area contributed by atoms with Crippen LogP contribution in [0.2, 0.25) is 0 Å². The van der Waals surface area contributed by atoms with Crippen molar-refractivity contribution in [3.8, 4) is 5.75 Å². The Balaban J connectivity index is 2.86. The minimum Gasteiger partial charge on any atom is -0.492 e. The highest BCUT2D eigenvalue weighted by atomic mass is 32.2. The summed E-state index contributed by atoms with van der Waals surface area (Å²) in [6.07, 6.45) is 1.86. The first-order valence-electron chi connectivity index (χ1n) is 5.34. The molecule has 0 aliphatic heterocycles. The summed E-state index contributed by atoms with van der Waals surface area (Å²) < 4.78 is 18.3. The van der Waals surface area contributed by atoms with Crippen LogP contribution in [0.4, 0.5) is 10.1 Å². The van der Waals surface area contributed by atoms with E-state index >= 15 is 0 Å². The van der Waals surface area contributed by atoms with Gasteiger partial charge in [-0.3, -0.25) is 4.79 Å². The van der Waals surface area contributed by atoms with E-state index in [2.05, 4.69) is 5.32 Å². The van der Waals surface area contributed by atoms with Crippen molar-refractivity contribution in [1.29, 1.82) is 0 Å². The van der Waals surface area contributed by atoms with Crippen LogP contribution in [0.5, 0.6) is 5.75 Å². The van der Waals surface area contributed by atoms with Crippen molar-refractivity contribution in [1.82, 2.24) is 0 Å². The fraction of sp³-hybridized carbons (Fsp3) is 0.417. The molecule has 0 saturated carbocycles. The first-order chi connectivity index (χ1) is 8.08. The molecule has 5 heteroatoms. The Morgan fingerprint density at radius 3 is 2.88 bits per heavy atom. The van der Waals surface area contributed by atoms with Crippen molar-refractivity contribution in [2.24, 2.45) is 0 Å². The topological polar surface area (TPSA) is 38.3 Å². The molecule has 0 saturated heterocycles. The molecule has 1 rings (SSSR count). The Morgan fingerprint density at radius 2 is 2.29 bits per heavy atom. The lowest BCUT2D eigenvalue weighted by Crippen LogP contribution is -2.22. The maximum absolute atomic E-state index is 13.0. The van der Waals surface area contributed by atoms with Crippen LogP contribution >= 0.6 is 11.8 Å². The van der Waals surface area contributed by atoms with E-state index in [0.717, 1.165) is 0 Å². The lowest BCUT2D eigenvalue weighted by Gasteiger charge is -2.13. The number of thioether (sulfide) groups is 1. The lowest BCUT2D eigenvalue weighted by molar-refractivity contribution is -0.115. The van der Waals surface area contributed by atoms with E-state index in [1.165, 1.54) is 30.0 Å². The van der Waals surface area contributed by atoms with Crippen LogP contribution in [-0.4, -0.2) is 24.0 Å². The fourth-order valence-corrected chi connectivity index (χ4v) is 1.49. The van der Waals surface area contributed by atoms with E-state index in [4.69, 9.17) is 4.74 Å². The van der Waals surface area contributed by atoms with Gasteiger partial charge in [0.2, 0.25) is 5.91 Å². The SMILES string of the molecule is CCOc1cc(F)ccc1NC(=O)C(C)SC. The second kappa shape index (κ2) is 6.49. The van der Waals surface area contributed by atoms with E-state index in [-0.39, 0.29) is 17.0 Å². The number of carbonyl (C=O) groups is 1. The summed E-state index contributed by atoms with van der Waals surface area (Å²) in [5, 5.41) is 2.56. The van der Waals surface area contributed by atoms with Gasteiger partial charge in [-0.15, -0.1) is 0 Å². The Labute approximate surface area is 105 Å². The second-order valence-corrected chi connectivity index (χ2v) is 4.62. The van der Waals surface area contributed by atoms with Crippen molar-refractivity contribution in [3.05, 3.63) is 24.0 Å². The van der Waals surface area contributed by atoms with Gasteiger partial charge in [-0.25, -0.2) is 4.39 Å². The minimum atomic E-state index is -0.385. The molecule has 1 unspecified atom stereocenters. The summed E-state index contributed by atoms with van der Waals surface area (Å²) in [4.78, 5) is 11.7. The minimum absolute atomic E-state index is 0.120. The molecule has 0 radical (unpaired) electrons. The van der Waals surface area contributed by atoms with Crippen LogP contribution in [0.25, 0.3) is 0 Å². The first-order valence-corrected chi connectivity index (χ1v) is 6.63. The Bertz CT molecular complexity index is 398. The van der Waals surface area contributed by atoms with E-state index < -0.39 is 0 Å². The van der Waals surface area contributed by atoms with Gasteiger partial charge in [0.1, 0.15) is 11.6 Å². The van der Waals surface area contributed by atoms with E-state index in [9.17, 15) is 9.18 Å². The van der Waals surface area contributed by atoms with Gasteiger partial charge in [0.05, 0.1) is 17.5 Å². The van der Waals surface area contributed by atoms with Crippen LogP contribution in [-0.2, 0) is 4.79 Å². The van der Waals surface area contributed by atoms with Crippen molar-refractivity contribution >= 4 is 23.4 Å². The van der Waals surface area contributed by atoms with Gasteiger partial charge in [-0.2, -0.15) is 11.8 Å². The van der Waals surface area contributed by atoms with Crippen molar-refractivity contribution < 1.29 is 13.9 Å². The molecule has 1 amide bonds. The third-order valence-corrected chi connectivity index (χ3v) is 3.15. The normalized spacial score (nSPS) is 12.0. The van der Waals surface area contributed by atoms with Gasteiger partial charge in [0.25, 0.3) is 0 Å². The number of carbonyl (C=O) groups excluding carboxylic acids is 1. The number of ether oxygens (including phenoxy) is 1. The molecule has 0 heterocycles. The van der Waals surface area contributed by atoms with Crippen molar-refractivity contribution in [2.45, 2.75) is 19.1 Å². The van der Waals surface area contributed by atoms with E-state index in [0.29, 0.717) is 18.0 Å². The Hall–Kier alpha value is -1.23. The highest BCUT2D eigenvalue weighted by molar-refractivity contribution is 7.99. The Kier molecular flexibility index (Phi) is 5.28. The third-order valence-electron chi connectivity index (χ3n) is 2.22. The zero-order chi connectivity index (χ0) is 12.8. The van der Waals surface area contributed by atoms with Crippen LogP contribution in [0.1, 0.15) is 13.8 Å². The van der Waals surface area contributed by atoms with Crippen LogP contribution in [0.15, 0.2) is 18.2 Å². The molecule has 1 aromatic rings.